The minimum absolute atomic E-state index is 0.428. The van der Waals surface area contributed by atoms with Crippen molar-refractivity contribution in [1.29, 1.82) is 0 Å². The lowest BCUT2D eigenvalue weighted by Crippen LogP contribution is -2.46. The fourth-order valence-electron chi connectivity index (χ4n) is 3.62. The molecule has 2 aliphatic rings. The average molecular weight is 292 g/mol. The molecule has 1 nitrogen and oxygen atoms in total. The molecule has 20 heavy (non-hydrogen) atoms. The van der Waals surface area contributed by atoms with Crippen molar-refractivity contribution < 1.29 is 0 Å². The average Bonchev–Trinajstić information content (AvgIpc) is 3.23. The van der Waals surface area contributed by atoms with E-state index in [2.05, 4.69) is 31.3 Å². The first-order valence-electron chi connectivity index (χ1n) is 8.08. The Morgan fingerprint density at radius 3 is 2.40 bits per heavy atom. The van der Waals surface area contributed by atoms with Crippen LogP contribution in [-0.4, -0.2) is 6.04 Å². The standard InChI is InChI=1S/C18H26ClN/c1-18(2)12-4-3-5-16(18)20-17(13-6-7-13)14-8-10-15(19)11-9-14/h8-11,13,16-17,20H,3-7,12H2,1-2H3. The quantitative estimate of drug-likeness (QED) is 0.788. The summed E-state index contributed by atoms with van der Waals surface area (Å²) in [5, 5.41) is 4.84. The van der Waals surface area contributed by atoms with Gasteiger partial charge in [0, 0.05) is 17.1 Å². The molecule has 2 heteroatoms. The van der Waals surface area contributed by atoms with Crippen LogP contribution in [0.3, 0.4) is 0 Å². The van der Waals surface area contributed by atoms with Crippen LogP contribution in [0.2, 0.25) is 5.02 Å². The van der Waals surface area contributed by atoms with Crippen molar-refractivity contribution in [2.24, 2.45) is 11.3 Å². The van der Waals surface area contributed by atoms with E-state index in [4.69, 9.17) is 11.6 Å². The Morgan fingerprint density at radius 1 is 1.10 bits per heavy atom. The highest BCUT2D eigenvalue weighted by Gasteiger charge is 2.38. The predicted molar refractivity (Wildman–Crippen MR) is 86.1 cm³/mol. The van der Waals surface area contributed by atoms with Crippen LogP contribution in [-0.2, 0) is 0 Å². The van der Waals surface area contributed by atoms with Crippen molar-refractivity contribution >= 4 is 11.6 Å². The molecule has 1 N–H and O–H groups in total. The van der Waals surface area contributed by atoms with E-state index in [9.17, 15) is 0 Å². The first-order valence-corrected chi connectivity index (χ1v) is 8.45. The molecule has 2 atom stereocenters. The lowest BCUT2D eigenvalue weighted by molar-refractivity contribution is 0.151. The predicted octanol–water partition coefficient (Wildman–Crippen LogP) is 5.35. The third kappa shape index (κ3) is 3.20. The van der Waals surface area contributed by atoms with E-state index in [0.29, 0.717) is 17.5 Å². The van der Waals surface area contributed by atoms with Crippen molar-refractivity contribution in [3.05, 3.63) is 34.9 Å². The second kappa shape index (κ2) is 5.69. The highest BCUT2D eigenvalue weighted by atomic mass is 35.5. The van der Waals surface area contributed by atoms with Gasteiger partial charge in [0.05, 0.1) is 0 Å². The van der Waals surface area contributed by atoms with Crippen LogP contribution in [0.4, 0.5) is 0 Å². The molecule has 0 radical (unpaired) electrons. The van der Waals surface area contributed by atoms with Gasteiger partial charge in [0.1, 0.15) is 0 Å². The molecule has 2 saturated carbocycles. The number of hydrogen-bond acceptors (Lipinski definition) is 1. The molecule has 0 spiro atoms. The molecule has 0 amide bonds. The summed E-state index contributed by atoms with van der Waals surface area (Å²) in [4.78, 5) is 0. The van der Waals surface area contributed by atoms with Gasteiger partial charge in [-0.3, -0.25) is 0 Å². The van der Waals surface area contributed by atoms with Gasteiger partial charge in [0.15, 0.2) is 0 Å². The fraction of sp³-hybridized carbons (Fsp3) is 0.667. The first kappa shape index (κ1) is 14.4. The Bertz CT molecular complexity index is 447. The van der Waals surface area contributed by atoms with Crippen LogP contribution in [0.25, 0.3) is 0 Å². The molecule has 0 bridgehead atoms. The van der Waals surface area contributed by atoms with Crippen LogP contribution >= 0.6 is 11.6 Å². The van der Waals surface area contributed by atoms with Gasteiger partial charge in [-0.15, -0.1) is 0 Å². The Labute approximate surface area is 128 Å². The normalized spacial score (nSPS) is 27.2. The fourth-order valence-corrected chi connectivity index (χ4v) is 3.75. The molecule has 2 aliphatic carbocycles. The highest BCUT2D eigenvalue weighted by Crippen LogP contribution is 2.44. The van der Waals surface area contributed by atoms with Crippen LogP contribution in [0.15, 0.2) is 24.3 Å². The van der Waals surface area contributed by atoms with E-state index in [1.54, 1.807) is 0 Å². The van der Waals surface area contributed by atoms with Gasteiger partial charge in [-0.25, -0.2) is 0 Å². The van der Waals surface area contributed by atoms with Crippen molar-refractivity contribution in [3.8, 4) is 0 Å². The maximum Gasteiger partial charge on any atom is 0.0406 e. The van der Waals surface area contributed by atoms with E-state index in [-0.39, 0.29) is 0 Å². The molecule has 110 valence electrons. The van der Waals surface area contributed by atoms with Crippen LogP contribution in [0.5, 0.6) is 0 Å². The van der Waals surface area contributed by atoms with Crippen LogP contribution in [0, 0.1) is 11.3 Å². The maximum atomic E-state index is 6.03. The van der Waals surface area contributed by atoms with Crippen LogP contribution < -0.4 is 5.32 Å². The van der Waals surface area contributed by atoms with Gasteiger partial charge in [-0.1, -0.05) is 50.4 Å². The smallest absolute Gasteiger partial charge is 0.0406 e. The molecule has 1 aromatic carbocycles. The summed E-state index contributed by atoms with van der Waals surface area (Å²) in [5.41, 5.74) is 1.84. The molecule has 0 heterocycles. The Morgan fingerprint density at radius 2 is 1.80 bits per heavy atom. The van der Waals surface area contributed by atoms with E-state index < -0.39 is 0 Å². The van der Waals surface area contributed by atoms with Crippen molar-refractivity contribution in [2.45, 2.75) is 64.5 Å². The molecule has 0 aromatic heterocycles. The molecule has 2 fully saturated rings. The summed E-state index contributed by atoms with van der Waals surface area (Å²) in [6.45, 7) is 4.85. The number of nitrogens with one attached hydrogen (secondary N) is 1. The van der Waals surface area contributed by atoms with Gasteiger partial charge in [-0.05, 0) is 54.7 Å². The third-order valence-corrected chi connectivity index (χ3v) is 5.46. The van der Waals surface area contributed by atoms with Gasteiger partial charge in [0.2, 0.25) is 0 Å². The monoisotopic (exact) mass is 291 g/mol. The van der Waals surface area contributed by atoms with Crippen molar-refractivity contribution in [2.75, 3.05) is 0 Å². The first-order chi connectivity index (χ1) is 9.56. The maximum absolute atomic E-state index is 6.03. The molecule has 2 unspecified atom stereocenters. The number of hydrogen-bond donors (Lipinski definition) is 1. The zero-order chi connectivity index (χ0) is 14.2. The summed E-state index contributed by atoms with van der Waals surface area (Å²) in [6, 6.07) is 9.63. The highest BCUT2D eigenvalue weighted by molar-refractivity contribution is 6.30. The van der Waals surface area contributed by atoms with Crippen molar-refractivity contribution in [1.82, 2.24) is 5.32 Å². The third-order valence-electron chi connectivity index (χ3n) is 5.21. The minimum Gasteiger partial charge on any atom is -0.306 e. The van der Waals surface area contributed by atoms with E-state index >= 15 is 0 Å². The molecular formula is C18H26ClN. The second-order valence-corrected chi connectivity index (χ2v) is 7.76. The lowest BCUT2D eigenvalue weighted by atomic mass is 9.73. The summed E-state index contributed by atoms with van der Waals surface area (Å²) >= 11 is 6.03. The Balaban J connectivity index is 1.76. The molecule has 0 saturated heterocycles. The minimum atomic E-state index is 0.428. The number of rotatable bonds is 4. The van der Waals surface area contributed by atoms with E-state index in [1.165, 1.54) is 44.1 Å². The van der Waals surface area contributed by atoms with Gasteiger partial charge in [-0.2, -0.15) is 0 Å². The Kier molecular flexibility index (Phi) is 4.10. The summed E-state index contributed by atoms with van der Waals surface area (Å²) in [6.07, 6.45) is 8.17. The van der Waals surface area contributed by atoms with E-state index in [0.717, 1.165) is 10.9 Å². The lowest BCUT2D eigenvalue weighted by Gasteiger charge is -2.41. The van der Waals surface area contributed by atoms with Crippen LogP contribution in [0.1, 0.15) is 64.0 Å². The topological polar surface area (TPSA) is 12.0 Å². The van der Waals surface area contributed by atoms with Crippen molar-refractivity contribution in [3.63, 3.8) is 0 Å². The number of benzene rings is 1. The largest absolute Gasteiger partial charge is 0.306 e. The summed E-state index contributed by atoms with van der Waals surface area (Å²) in [7, 11) is 0. The SMILES string of the molecule is CC1(C)CCCCC1NC(c1ccc(Cl)cc1)C1CC1. The second-order valence-electron chi connectivity index (χ2n) is 7.32. The zero-order valence-corrected chi connectivity index (χ0v) is 13.4. The summed E-state index contributed by atoms with van der Waals surface area (Å²) in [5.74, 6) is 0.828. The molecule has 0 aliphatic heterocycles. The van der Waals surface area contributed by atoms with Gasteiger partial charge in [0.25, 0.3) is 0 Å². The Hall–Kier alpha value is -0.530. The van der Waals surface area contributed by atoms with Gasteiger partial charge >= 0.3 is 0 Å². The van der Waals surface area contributed by atoms with E-state index in [1.807, 2.05) is 12.1 Å². The summed E-state index contributed by atoms with van der Waals surface area (Å²) < 4.78 is 0. The molecule has 3 rings (SSSR count). The zero-order valence-electron chi connectivity index (χ0n) is 12.7. The molecule has 1 aromatic rings. The number of halogens is 1. The molecular weight excluding hydrogens is 266 g/mol. The van der Waals surface area contributed by atoms with Gasteiger partial charge < -0.3 is 5.32 Å².